The van der Waals surface area contributed by atoms with Gasteiger partial charge in [-0.25, -0.2) is 9.59 Å². The van der Waals surface area contributed by atoms with Gasteiger partial charge in [-0.3, -0.25) is 4.79 Å². The van der Waals surface area contributed by atoms with Gasteiger partial charge in [-0.2, -0.15) is 0 Å². The quantitative estimate of drug-likeness (QED) is 0.335. The van der Waals surface area contributed by atoms with Gasteiger partial charge in [-0.15, -0.1) is 0 Å². The fraction of sp³-hybridized carbons (Fsp3) is 0.222. The number of carbonyl (C=O) groups is 1. The third-order valence-corrected chi connectivity index (χ3v) is 6.26. The van der Waals surface area contributed by atoms with Gasteiger partial charge in [0.25, 0.3) is 0 Å². The SMILES string of the molecule is COc1cc2c(cc1OC)C(Cc1ccc(C(=O)c3ccccc3)c3oc(=O)c(=O)oc13)NCC2. The standard InChI is InChI=1S/C27H23NO7/c1-32-21-13-16-10-11-28-20(19(16)14-22(21)33-2)12-17-8-9-18(23(29)15-6-4-3-5-7-15)25-24(17)34-26(30)27(31)35-25/h3-9,13-14,20,28H,10-12H2,1-2H3. The molecule has 8 nitrogen and oxygen atoms in total. The van der Waals surface area contributed by atoms with Gasteiger partial charge in [0.05, 0.1) is 19.8 Å². The predicted octanol–water partition coefficient (Wildman–Crippen LogP) is 3.42. The van der Waals surface area contributed by atoms with E-state index in [2.05, 4.69) is 5.32 Å². The molecule has 0 bridgehead atoms. The summed E-state index contributed by atoms with van der Waals surface area (Å²) in [5, 5.41) is 3.49. The van der Waals surface area contributed by atoms with Crippen LogP contribution in [0.25, 0.3) is 11.2 Å². The Hall–Kier alpha value is -4.17. The molecule has 0 saturated heterocycles. The van der Waals surface area contributed by atoms with Crippen LogP contribution in [0, 0.1) is 0 Å². The molecule has 4 aromatic rings. The Bertz CT molecular complexity index is 1540. The minimum atomic E-state index is -1.16. The van der Waals surface area contributed by atoms with Crippen LogP contribution in [0.5, 0.6) is 11.5 Å². The second-order valence-corrected chi connectivity index (χ2v) is 8.27. The van der Waals surface area contributed by atoms with Crippen molar-refractivity contribution in [3.05, 3.63) is 103 Å². The fourth-order valence-electron chi connectivity index (χ4n) is 4.54. The first-order valence-electron chi connectivity index (χ1n) is 11.2. The van der Waals surface area contributed by atoms with Gasteiger partial charge < -0.3 is 23.6 Å². The number of rotatable bonds is 6. The molecular weight excluding hydrogens is 450 g/mol. The molecule has 178 valence electrons. The molecule has 35 heavy (non-hydrogen) atoms. The third-order valence-electron chi connectivity index (χ3n) is 6.26. The maximum Gasteiger partial charge on any atom is 0.423 e. The number of hydrogen-bond acceptors (Lipinski definition) is 8. The van der Waals surface area contributed by atoms with E-state index in [4.69, 9.17) is 18.3 Å². The van der Waals surface area contributed by atoms with Gasteiger partial charge in [0.1, 0.15) is 0 Å². The second-order valence-electron chi connectivity index (χ2n) is 8.27. The molecule has 5 rings (SSSR count). The molecular formula is C27H23NO7. The number of methoxy groups -OCH3 is 2. The van der Waals surface area contributed by atoms with Crippen molar-refractivity contribution in [2.24, 2.45) is 0 Å². The number of benzene rings is 3. The summed E-state index contributed by atoms with van der Waals surface area (Å²) in [5.41, 5.74) is 1.14. The third kappa shape index (κ3) is 4.13. The van der Waals surface area contributed by atoms with E-state index >= 15 is 0 Å². The van der Waals surface area contributed by atoms with Gasteiger partial charge in [0, 0.05) is 17.2 Å². The lowest BCUT2D eigenvalue weighted by Crippen LogP contribution is -2.31. The van der Waals surface area contributed by atoms with Crippen molar-refractivity contribution in [3.63, 3.8) is 0 Å². The number of fused-ring (bicyclic) bond motifs is 2. The van der Waals surface area contributed by atoms with Gasteiger partial charge >= 0.3 is 11.3 Å². The van der Waals surface area contributed by atoms with E-state index in [1.54, 1.807) is 56.7 Å². The summed E-state index contributed by atoms with van der Waals surface area (Å²) in [7, 11) is 3.19. The Balaban J connectivity index is 1.60. The number of nitrogens with one attached hydrogen (secondary N) is 1. The van der Waals surface area contributed by atoms with Crippen molar-refractivity contribution >= 4 is 16.9 Å². The smallest absolute Gasteiger partial charge is 0.423 e. The average molecular weight is 473 g/mol. The summed E-state index contributed by atoms with van der Waals surface area (Å²) < 4.78 is 21.6. The first kappa shape index (κ1) is 22.6. The van der Waals surface area contributed by atoms with Crippen LogP contribution in [-0.4, -0.2) is 26.5 Å². The van der Waals surface area contributed by atoms with Gasteiger partial charge in [-0.1, -0.05) is 36.4 Å². The summed E-state index contributed by atoms with van der Waals surface area (Å²) in [5.74, 6) is 0.942. The Morgan fingerprint density at radius 3 is 2.34 bits per heavy atom. The number of carbonyl (C=O) groups excluding carboxylic acids is 1. The average Bonchev–Trinajstić information content (AvgIpc) is 2.89. The van der Waals surface area contributed by atoms with E-state index in [1.165, 1.54) is 0 Å². The highest BCUT2D eigenvalue weighted by Gasteiger charge is 2.26. The molecule has 1 aliphatic heterocycles. The monoisotopic (exact) mass is 473 g/mol. The lowest BCUT2D eigenvalue weighted by Gasteiger charge is -2.28. The predicted molar refractivity (Wildman–Crippen MR) is 129 cm³/mol. The van der Waals surface area contributed by atoms with Crippen LogP contribution >= 0.6 is 0 Å². The molecule has 1 unspecified atom stereocenters. The van der Waals surface area contributed by atoms with Crippen LogP contribution < -0.4 is 26.0 Å². The first-order chi connectivity index (χ1) is 17.0. The number of hydrogen-bond donors (Lipinski definition) is 1. The normalized spacial score (nSPS) is 15.0. The minimum absolute atomic E-state index is 0.0377. The highest BCUT2D eigenvalue weighted by atomic mass is 16.5. The van der Waals surface area contributed by atoms with Crippen LogP contribution in [0.15, 0.2) is 73.0 Å². The molecule has 0 spiro atoms. The van der Waals surface area contributed by atoms with Crippen LogP contribution in [0.4, 0.5) is 0 Å². The molecule has 8 heteroatoms. The van der Waals surface area contributed by atoms with Crippen molar-refractivity contribution in [2.75, 3.05) is 20.8 Å². The topological polar surface area (TPSA) is 108 Å². The zero-order valence-corrected chi connectivity index (χ0v) is 19.3. The molecule has 1 N–H and O–H groups in total. The van der Waals surface area contributed by atoms with Gasteiger partial charge in [0.15, 0.2) is 28.4 Å². The van der Waals surface area contributed by atoms with E-state index in [0.717, 1.165) is 24.1 Å². The molecule has 1 aliphatic rings. The maximum absolute atomic E-state index is 13.1. The molecule has 0 fully saturated rings. The Morgan fingerprint density at radius 1 is 0.943 bits per heavy atom. The van der Waals surface area contributed by atoms with E-state index in [9.17, 15) is 14.4 Å². The van der Waals surface area contributed by atoms with Crippen molar-refractivity contribution < 1.29 is 23.1 Å². The lowest BCUT2D eigenvalue weighted by atomic mass is 9.89. The van der Waals surface area contributed by atoms with E-state index in [-0.39, 0.29) is 28.6 Å². The molecule has 2 heterocycles. The molecule has 0 amide bonds. The zero-order chi connectivity index (χ0) is 24.5. The highest BCUT2D eigenvalue weighted by molar-refractivity contribution is 6.14. The molecule has 0 saturated carbocycles. The Labute approximate surface area is 200 Å². The van der Waals surface area contributed by atoms with Crippen molar-refractivity contribution in [3.8, 4) is 11.5 Å². The van der Waals surface area contributed by atoms with Gasteiger partial charge in [-0.05, 0) is 48.7 Å². The Kier molecular flexibility index (Phi) is 5.96. The van der Waals surface area contributed by atoms with E-state index in [1.807, 2.05) is 12.1 Å². The van der Waals surface area contributed by atoms with Crippen molar-refractivity contribution in [2.45, 2.75) is 18.9 Å². The van der Waals surface area contributed by atoms with E-state index in [0.29, 0.717) is 29.0 Å². The van der Waals surface area contributed by atoms with Crippen molar-refractivity contribution in [1.82, 2.24) is 5.32 Å². The molecule has 3 aromatic carbocycles. The van der Waals surface area contributed by atoms with Crippen LogP contribution in [0.1, 0.15) is 38.7 Å². The summed E-state index contributed by atoms with van der Waals surface area (Å²) in [6.45, 7) is 0.745. The first-order valence-corrected chi connectivity index (χ1v) is 11.2. The van der Waals surface area contributed by atoms with E-state index < -0.39 is 11.3 Å². The minimum Gasteiger partial charge on any atom is -0.493 e. The molecule has 1 atom stereocenters. The summed E-state index contributed by atoms with van der Waals surface area (Å²) in [6, 6.07) is 15.8. The zero-order valence-electron chi connectivity index (χ0n) is 19.3. The van der Waals surface area contributed by atoms with Crippen LogP contribution in [0.2, 0.25) is 0 Å². The highest BCUT2D eigenvalue weighted by Crippen LogP contribution is 2.37. The number of ketones is 1. The summed E-state index contributed by atoms with van der Waals surface area (Å²) in [4.78, 5) is 37.2. The van der Waals surface area contributed by atoms with Gasteiger partial charge in [0.2, 0.25) is 0 Å². The Morgan fingerprint density at radius 2 is 1.63 bits per heavy atom. The second kappa shape index (κ2) is 9.23. The molecule has 0 radical (unpaired) electrons. The fourth-order valence-corrected chi connectivity index (χ4v) is 4.54. The number of ether oxygens (including phenoxy) is 2. The lowest BCUT2D eigenvalue weighted by molar-refractivity contribution is 0.103. The van der Waals surface area contributed by atoms with Crippen LogP contribution in [-0.2, 0) is 12.8 Å². The maximum atomic E-state index is 13.1. The van der Waals surface area contributed by atoms with Crippen molar-refractivity contribution in [1.29, 1.82) is 0 Å². The molecule has 0 aliphatic carbocycles. The molecule has 1 aromatic heterocycles. The largest absolute Gasteiger partial charge is 0.493 e. The van der Waals surface area contributed by atoms with Crippen LogP contribution in [0.3, 0.4) is 0 Å². The summed E-state index contributed by atoms with van der Waals surface area (Å²) in [6.07, 6.45) is 1.25. The summed E-state index contributed by atoms with van der Waals surface area (Å²) >= 11 is 0.